The molecule has 1 aliphatic heterocycles. The molecule has 212 valence electrons. The van der Waals surface area contributed by atoms with Crippen LogP contribution in [0, 0.1) is 0 Å². The van der Waals surface area contributed by atoms with Crippen molar-refractivity contribution in [2.45, 2.75) is 83.7 Å². The Labute approximate surface area is 235 Å². The predicted molar refractivity (Wildman–Crippen MR) is 159 cm³/mol. The highest BCUT2D eigenvalue weighted by Gasteiger charge is 2.42. The molecule has 0 spiro atoms. The van der Waals surface area contributed by atoms with Crippen molar-refractivity contribution in [3.63, 3.8) is 0 Å². The molecule has 0 bridgehead atoms. The zero-order chi connectivity index (χ0) is 28.5. The molecule has 0 fully saturated rings. The van der Waals surface area contributed by atoms with Gasteiger partial charge in [0.2, 0.25) is 0 Å². The molecule has 0 N–H and O–H groups in total. The molecule has 0 saturated carbocycles. The van der Waals surface area contributed by atoms with Gasteiger partial charge in [-0.05, 0) is 67.2 Å². The van der Waals surface area contributed by atoms with Gasteiger partial charge in [-0.1, -0.05) is 70.0 Å². The van der Waals surface area contributed by atoms with Gasteiger partial charge in [0.1, 0.15) is 5.75 Å². The fourth-order valence-corrected chi connectivity index (χ4v) is 5.24. The van der Waals surface area contributed by atoms with E-state index in [9.17, 15) is 9.59 Å². The molecule has 0 saturated heterocycles. The molecular formula is C32H45NO5Si. The molecule has 2 aromatic carbocycles. The van der Waals surface area contributed by atoms with Crippen LogP contribution in [-0.4, -0.2) is 51.4 Å². The smallest absolute Gasteiger partial charge is 0.262 e. The highest BCUT2D eigenvalue weighted by atomic mass is 28.4. The van der Waals surface area contributed by atoms with Crippen molar-refractivity contribution in [2.24, 2.45) is 0 Å². The highest BCUT2D eigenvalue weighted by molar-refractivity contribution is 6.74. The van der Waals surface area contributed by atoms with Crippen molar-refractivity contribution in [3.05, 3.63) is 77.4 Å². The fraction of sp³-hybridized carbons (Fsp3) is 0.500. The normalized spacial score (nSPS) is 14.8. The lowest BCUT2D eigenvalue weighted by Gasteiger charge is -2.38. The Bertz CT molecular complexity index is 1090. The topological polar surface area (TPSA) is 65.1 Å². The average molecular weight is 552 g/mol. The second-order valence-electron chi connectivity index (χ2n) is 11.7. The second-order valence-corrected chi connectivity index (χ2v) is 16.5. The van der Waals surface area contributed by atoms with E-state index < -0.39 is 14.4 Å². The van der Waals surface area contributed by atoms with Crippen molar-refractivity contribution in [1.82, 2.24) is 4.90 Å². The van der Waals surface area contributed by atoms with E-state index in [2.05, 4.69) is 39.9 Å². The Kier molecular flexibility index (Phi) is 11.1. The van der Waals surface area contributed by atoms with Crippen LogP contribution in [0.5, 0.6) is 5.75 Å². The van der Waals surface area contributed by atoms with Crippen LogP contribution >= 0.6 is 0 Å². The van der Waals surface area contributed by atoms with E-state index in [0.717, 1.165) is 50.0 Å². The summed E-state index contributed by atoms with van der Waals surface area (Å²) < 4.78 is 17.4. The highest BCUT2D eigenvalue weighted by Crippen LogP contribution is 2.37. The number of ether oxygens (including phenoxy) is 2. The molecule has 2 aromatic rings. The summed E-state index contributed by atoms with van der Waals surface area (Å²) in [5.74, 6) is 0.378. The van der Waals surface area contributed by atoms with Gasteiger partial charge in [-0.3, -0.25) is 14.5 Å². The average Bonchev–Trinajstić information content (AvgIpc) is 3.16. The minimum atomic E-state index is -2.05. The Morgan fingerprint density at radius 3 is 2.10 bits per heavy atom. The van der Waals surface area contributed by atoms with Gasteiger partial charge in [0.25, 0.3) is 11.8 Å². The van der Waals surface area contributed by atoms with Gasteiger partial charge in [-0.25, -0.2) is 0 Å². The number of carbonyl (C=O) groups is 2. The summed E-state index contributed by atoms with van der Waals surface area (Å²) in [6, 6.07) is 14.6. The molecule has 1 heterocycles. The Hall–Kier alpha value is -2.74. The number of imide groups is 1. The molecule has 39 heavy (non-hydrogen) atoms. The molecule has 0 aromatic heterocycles. The first-order chi connectivity index (χ1) is 18.5. The second kappa shape index (κ2) is 14.1. The van der Waals surface area contributed by atoms with E-state index in [4.69, 9.17) is 13.9 Å². The van der Waals surface area contributed by atoms with Crippen molar-refractivity contribution >= 4 is 20.1 Å². The molecule has 6 nitrogen and oxygen atoms in total. The number of benzene rings is 2. The van der Waals surface area contributed by atoms with Crippen molar-refractivity contribution < 1.29 is 23.5 Å². The molecule has 0 aliphatic carbocycles. The van der Waals surface area contributed by atoms with Gasteiger partial charge in [-0.15, -0.1) is 0 Å². The van der Waals surface area contributed by atoms with Crippen LogP contribution in [0.2, 0.25) is 18.1 Å². The molecule has 0 radical (unpaired) electrons. The summed E-state index contributed by atoms with van der Waals surface area (Å²) in [5, 5.41) is 0.0433. The van der Waals surface area contributed by atoms with Gasteiger partial charge < -0.3 is 13.9 Å². The van der Waals surface area contributed by atoms with E-state index in [1.807, 2.05) is 30.3 Å². The van der Waals surface area contributed by atoms with E-state index >= 15 is 0 Å². The van der Waals surface area contributed by atoms with Crippen LogP contribution in [0.1, 0.15) is 79.2 Å². The SMILES string of the molecule is COc1ccc(COCCCCCCC=C[C@H](CO[Si](C)(C)C(C)(C)C)N2C(=O)c3ccccc3C2=O)cc1. The number of unbranched alkanes of at least 4 members (excludes halogenated alkanes) is 4. The zero-order valence-corrected chi connectivity index (χ0v) is 25.5. The maximum Gasteiger partial charge on any atom is 0.262 e. The quantitative estimate of drug-likeness (QED) is 0.0998. The summed E-state index contributed by atoms with van der Waals surface area (Å²) in [7, 11) is -0.380. The molecule has 3 rings (SSSR count). The Morgan fingerprint density at radius 2 is 1.51 bits per heavy atom. The summed E-state index contributed by atoms with van der Waals surface area (Å²) in [6.07, 6.45) is 9.27. The Morgan fingerprint density at radius 1 is 0.897 bits per heavy atom. The number of methoxy groups -OCH3 is 1. The molecule has 1 atom stereocenters. The first-order valence-corrected chi connectivity index (χ1v) is 16.9. The van der Waals surface area contributed by atoms with Crippen LogP contribution in [0.3, 0.4) is 0 Å². The first-order valence-electron chi connectivity index (χ1n) is 14.0. The minimum Gasteiger partial charge on any atom is -0.497 e. The maximum atomic E-state index is 13.2. The number of fused-ring (bicyclic) bond motifs is 1. The van der Waals surface area contributed by atoms with Gasteiger partial charge in [0, 0.05) is 6.61 Å². The van der Waals surface area contributed by atoms with Crippen LogP contribution < -0.4 is 4.74 Å². The number of amides is 2. The summed E-state index contributed by atoms with van der Waals surface area (Å²) in [5.41, 5.74) is 2.09. The number of allylic oxidation sites excluding steroid dienone is 1. The third kappa shape index (κ3) is 8.37. The van der Waals surface area contributed by atoms with Gasteiger partial charge in [0.15, 0.2) is 8.32 Å². The third-order valence-electron chi connectivity index (χ3n) is 7.77. The van der Waals surface area contributed by atoms with E-state index in [1.165, 1.54) is 4.90 Å². The van der Waals surface area contributed by atoms with Gasteiger partial charge in [-0.2, -0.15) is 0 Å². The number of hydrogen-bond donors (Lipinski definition) is 0. The lowest BCUT2D eigenvalue weighted by Crippen LogP contribution is -2.47. The minimum absolute atomic E-state index is 0.0433. The zero-order valence-electron chi connectivity index (χ0n) is 24.5. The van der Waals surface area contributed by atoms with Gasteiger partial charge >= 0.3 is 0 Å². The van der Waals surface area contributed by atoms with Crippen LogP contribution in [0.15, 0.2) is 60.7 Å². The largest absolute Gasteiger partial charge is 0.497 e. The molecular weight excluding hydrogens is 506 g/mol. The monoisotopic (exact) mass is 551 g/mol. The maximum absolute atomic E-state index is 13.2. The lowest BCUT2D eigenvalue weighted by atomic mass is 10.1. The molecule has 2 amide bonds. The number of nitrogens with zero attached hydrogens (tertiary/aromatic N) is 1. The standard InChI is InChI=1S/C32H45NO5Si/c1-32(2,3)39(5,6)38-24-26(33-30(34)28-16-12-13-17-29(28)31(33)35)15-11-9-7-8-10-14-22-37-23-25-18-20-27(36-4)21-19-25/h11-13,15-21,26H,7-10,14,22-24H2,1-6H3/t26-/m1/s1. The number of rotatable bonds is 15. The van der Waals surface area contributed by atoms with Crippen LogP contribution in [-0.2, 0) is 15.8 Å². The lowest BCUT2D eigenvalue weighted by molar-refractivity contribution is 0.0569. The summed E-state index contributed by atoms with van der Waals surface area (Å²) in [4.78, 5) is 27.7. The Balaban J connectivity index is 1.46. The van der Waals surface area contributed by atoms with E-state index in [1.54, 1.807) is 31.4 Å². The number of carbonyl (C=O) groups excluding carboxylic acids is 2. The van der Waals surface area contributed by atoms with Crippen LogP contribution in [0.25, 0.3) is 0 Å². The van der Waals surface area contributed by atoms with E-state index in [0.29, 0.717) is 24.3 Å². The summed E-state index contributed by atoms with van der Waals surface area (Å²) in [6.45, 7) is 12.6. The predicted octanol–water partition coefficient (Wildman–Crippen LogP) is 7.41. The first kappa shape index (κ1) is 30.8. The molecule has 7 heteroatoms. The summed E-state index contributed by atoms with van der Waals surface area (Å²) >= 11 is 0. The fourth-order valence-electron chi connectivity index (χ4n) is 4.22. The number of hydrogen-bond acceptors (Lipinski definition) is 5. The van der Waals surface area contributed by atoms with Crippen molar-refractivity contribution in [3.8, 4) is 5.75 Å². The van der Waals surface area contributed by atoms with Crippen LogP contribution in [0.4, 0.5) is 0 Å². The van der Waals surface area contributed by atoms with Crippen molar-refractivity contribution in [2.75, 3.05) is 20.3 Å². The van der Waals surface area contributed by atoms with E-state index in [-0.39, 0.29) is 16.9 Å². The molecule has 1 aliphatic rings. The van der Waals surface area contributed by atoms with Gasteiger partial charge in [0.05, 0.1) is 37.5 Å². The molecule has 0 unspecified atom stereocenters. The third-order valence-corrected chi connectivity index (χ3v) is 12.3. The van der Waals surface area contributed by atoms with Crippen molar-refractivity contribution in [1.29, 1.82) is 0 Å².